The Kier molecular flexibility index (Phi) is 7.79. The molecule has 2 rings (SSSR count). The number of halogens is 6. The van der Waals surface area contributed by atoms with E-state index in [1.54, 1.807) is 23.5 Å². The topological polar surface area (TPSA) is 0 Å². The van der Waals surface area contributed by atoms with Gasteiger partial charge in [-0.25, -0.2) is 0 Å². The van der Waals surface area contributed by atoms with Gasteiger partial charge in [0.15, 0.2) is 0 Å². The maximum atomic E-state index is 12.8. The Morgan fingerprint density at radius 1 is 0.607 bits per heavy atom. The third-order valence-corrected chi connectivity index (χ3v) is 6.75. The third-order valence-electron chi connectivity index (χ3n) is 4.10. The van der Waals surface area contributed by atoms with Crippen molar-refractivity contribution in [1.29, 1.82) is 0 Å². The van der Waals surface area contributed by atoms with Gasteiger partial charge in [0.05, 0.1) is 11.1 Å². The molecule has 0 saturated heterocycles. The van der Waals surface area contributed by atoms with Crippen LogP contribution in [0.3, 0.4) is 0 Å². The number of hydrogen-bond donors (Lipinski definition) is 0. The molecule has 0 unspecified atom stereocenters. The van der Waals surface area contributed by atoms with E-state index in [-0.39, 0.29) is 10.5 Å². The zero-order valence-electron chi connectivity index (χ0n) is 15.3. The molecule has 0 aliphatic heterocycles. The molecule has 0 heterocycles. The summed E-state index contributed by atoms with van der Waals surface area (Å²) in [6, 6.07) is 10.1. The predicted octanol–water partition coefficient (Wildman–Crippen LogP) is 8.01. The van der Waals surface area contributed by atoms with Crippen LogP contribution in [0.15, 0.2) is 48.5 Å². The third kappa shape index (κ3) is 5.86. The van der Waals surface area contributed by atoms with E-state index in [0.717, 1.165) is 46.9 Å². The van der Waals surface area contributed by atoms with Crippen LogP contribution in [0.1, 0.15) is 46.6 Å². The normalized spacial score (nSPS) is 14.7. The van der Waals surface area contributed by atoms with Gasteiger partial charge in [-0.3, -0.25) is 0 Å². The summed E-state index contributed by atoms with van der Waals surface area (Å²) in [4.78, 5) is 0. The minimum absolute atomic E-state index is 0.172. The van der Waals surface area contributed by atoms with Crippen molar-refractivity contribution in [2.45, 2.75) is 36.7 Å². The van der Waals surface area contributed by atoms with Crippen molar-refractivity contribution < 1.29 is 26.3 Å². The lowest BCUT2D eigenvalue weighted by atomic mass is 10.0. The van der Waals surface area contributed by atoms with Crippen LogP contribution in [-0.4, -0.2) is 11.5 Å². The summed E-state index contributed by atoms with van der Waals surface area (Å²) in [5, 5.41) is -0.344. The maximum absolute atomic E-state index is 12.8. The number of hydrogen-bond acceptors (Lipinski definition) is 2. The van der Waals surface area contributed by atoms with Crippen LogP contribution >= 0.6 is 23.5 Å². The second kappa shape index (κ2) is 9.48. The highest BCUT2D eigenvalue weighted by molar-refractivity contribution is 8.03. The molecule has 0 saturated carbocycles. The molecule has 0 aliphatic carbocycles. The fourth-order valence-electron chi connectivity index (χ4n) is 2.80. The summed E-state index contributed by atoms with van der Waals surface area (Å²) in [7, 11) is 0. The summed E-state index contributed by atoms with van der Waals surface area (Å²) in [5.74, 6) is 1.46. The molecule has 0 spiro atoms. The molecule has 0 bridgehead atoms. The zero-order valence-corrected chi connectivity index (χ0v) is 16.9. The van der Waals surface area contributed by atoms with Crippen molar-refractivity contribution in [2.75, 3.05) is 11.5 Å². The van der Waals surface area contributed by atoms with E-state index < -0.39 is 23.5 Å². The molecule has 0 amide bonds. The Hall–Kier alpha value is -1.28. The predicted molar refractivity (Wildman–Crippen MR) is 105 cm³/mol. The highest BCUT2D eigenvalue weighted by Crippen LogP contribution is 2.48. The number of thioether (sulfide) groups is 2. The van der Waals surface area contributed by atoms with Gasteiger partial charge in [-0.1, -0.05) is 38.1 Å². The van der Waals surface area contributed by atoms with Gasteiger partial charge < -0.3 is 0 Å². The maximum Gasteiger partial charge on any atom is 0.416 e. The van der Waals surface area contributed by atoms with Gasteiger partial charge in [0, 0.05) is 10.5 Å². The first-order chi connectivity index (χ1) is 13.1. The zero-order chi connectivity index (χ0) is 20.9. The van der Waals surface area contributed by atoms with Gasteiger partial charge >= 0.3 is 12.4 Å². The van der Waals surface area contributed by atoms with Crippen molar-refractivity contribution >= 4 is 23.5 Å². The van der Waals surface area contributed by atoms with E-state index in [4.69, 9.17) is 0 Å². The fraction of sp³-hybridized carbons (Fsp3) is 0.400. The van der Waals surface area contributed by atoms with Crippen LogP contribution in [0.4, 0.5) is 26.3 Å². The molecule has 154 valence electrons. The molecule has 2 aromatic rings. The Balaban J connectivity index is 2.38. The molecule has 0 radical (unpaired) electrons. The monoisotopic (exact) mass is 438 g/mol. The highest BCUT2D eigenvalue weighted by Gasteiger charge is 2.33. The Labute approximate surface area is 169 Å². The van der Waals surface area contributed by atoms with Crippen molar-refractivity contribution in [3.05, 3.63) is 70.8 Å². The second-order valence-corrected chi connectivity index (χ2v) is 8.83. The summed E-state index contributed by atoms with van der Waals surface area (Å²) in [6.45, 7) is 3.89. The molecular formula is C20H20F6S2. The van der Waals surface area contributed by atoms with Crippen molar-refractivity contribution in [3.8, 4) is 0 Å². The Morgan fingerprint density at radius 3 is 1.11 bits per heavy atom. The summed E-state index contributed by atoms with van der Waals surface area (Å²) < 4.78 is 77.1. The lowest BCUT2D eigenvalue weighted by Gasteiger charge is -2.27. The van der Waals surface area contributed by atoms with Gasteiger partial charge in [-0.15, -0.1) is 0 Å². The van der Waals surface area contributed by atoms with Crippen LogP contribution in [0.5, 0.6) is 0 Å². The standard InChI is InChI=1S/C20H20F6S2/c1-3-27-17(13-5-9-15(10-6-13)19(21,22)23)18(28-4-2)14-7-11-16(12-8-14)20(24,25)26/h5-12,17-18H,3-4H2,1-2H3/t17-,18-/m1/s1. The summed E-state index contributed by atoms with van der Waals surface area (Å²) in [6.07, 6.45) is -8.81. The SMILES string of the molecule is CCS[C@H](c1ccc(C(F)(F)F)cc1)[C@H](SCC)c1ccc(C(F)(F)F)cc1. The molecule has 28 heavy (non-hydrogen) atoms. The van der Waals surface area contributed by atoms with E-state index in [2.05, 4.69) is 0 Å². The van der Waals surface area contributed by atoms with E-state index >= 15 is 0 Å². The van der Waals surface area contributed by atoms with Gasteiger partial charge in [0.1, 0.15) is 0 Å². The lowest BCUT2D eigenvalue weighted by Crippen LogP contribution is -2.10. The van der Waals surface area contributed by atoms with Crippen molar-refractivity contribution in [1.82, 2.24) is 0 Å². The average Bonchev–Trinajstić information content (AvgIpc) is 2.63. The summed E-state index contributed by atoms with van der Waals surface area (Å²) in [5.41, 5.74) is 0.0212. The quantitative estimate of drug-likeness (QED) is 0.402. The second-order valence-electron chi connectivity index (χ2n) is 5.99. The van der Waals surface area contributed by atoms with Gasteiger partial charge in [-0.2, -0.15) is 49.9 Å². The van der Waals surface area contributed by atoms with Crippen LogP contribution in [0, 0.1) is 0 Å². The molecular weight excluding hydrogens is 418 g/mol. The van der Waals surface area contributed by atoms with E-state index in [0.29, 0.717) is 0 Å². The Morgan fingerprint density at radius 2 is 0.893 bits per heavy atom. The van der Waals surface area contributed by atoms with Gasteiger partial charge in [-0.05, 0) is 46.9 Å². The van der Waals surface area contributed by atoms with E-state index in [1.807, 2.05) is 13.8 Å². The number of benzene rings is 2. The van der Waals surface area contributed by atoms with Crippen LogP contribution in [0.2, 0.25) is 0 Å². The van der Waals surface area contributed by atoms with E-state index in [1.165, 1.54) is 24.3 Å². The molecule has 0 N–H and O–H groups in total. The van der Waals surface area contributed by atoms with Crippen LogP contribution in [0.25, 0.3) is 0 Å². The first-order valence-corrected chi connectivity index (χ1v) is 10.7. The molecule has 8 heteroatoms. The largest absolute Gasteiger partial charge is 0.416 e. The molecule has 0 fully saturated rings. The molecule has 0 aliphatic rings. The minimum Gasteiger partial charge on any atom is -0.166 e. The number of rotatable bonds is 7. The van der Waals surface area contributed by atoms with E-state index in [9.17, 15) is 26.3 Å². The smallest absolute Gasteiger partial charge is 0.166 e. The fourth-order valence-corrected chi connectivity index (χ4v) is 5.35. The first kappa shape index (κ1) is 23.0. The van der Waals surface area contributed by atoms with Crippen LogP contribution in [-0.2, 0) is 12.4 Å². The minimum atomic E-state index is -4.41. The Bertz CT molecular complexity index is 670. The molecule has 0 aromatic heterocycles. The first-order valence-electron chi connectivity index (χ1n) is 8.65. The van der Waals surface area contributed by atoms with Crippen molar-refractivity contribution in [3.63, 3.8) is 0 Å². The van der Waals surface area contributed by atoms with Crippen molar-refractivity contribution in [2.24, 2.45) is 0 Å². The molecule has 2 atom stereocenters. The molecule has 0 nitrogen and oxygen atoms in total. The number of alkyl halides is 6. The average molecular weight is 439 g/mol. The van der Waals surface area contributed by atoms with Gasteiger partial charge in [0.2, 0.25) is 0 Å². The summed E-state index contributed by atoms with van der Waals surface area (Å²) >= 11 is 3.14. The molecule has 2 aromatic carbocycles. The van der Waals surface area contributed by atoms with Gasteiger partial charge in [0.25, 0.3) is 0 Å². The van der Waals surface area contributed by atoms with Crippen LogP contribution < -0.4 is 0 Å². The lowest BCUT2D eigenvalue weighted by molar-refractivity contribution is -0.138. The highest BCUT2D eigenvalue weighted by atomic mass is 32.2.